The molecule has 0 bridgehead atoms. The number of nitrogens with two attached hydrogens (primary N) is 1. The Hall–Kier alpha value is -1.06. The fourth-order valence-electron chi connectivity index (χ4n) is 3.06. The summed E-state index contributed by atoms with van der Waals surface area (Å²) < 4.78 is 0. The van der Waals surface area contributed by atoms with Crippen LogP contribution in [-0.4, -0.2) is 11.9 Å². The zero-order chi connectivity index (χ0) is 14.7. The highest BCUT2D eigenvalue weighted by molar-refractivity contribution is 5.85. The van der Waals surface area contributed by atoms with E-state index in [2.05, 4.69) is 38.2 Å². The van der Waals surface area contributed by atoms with Gasteiger partial charge in [0.05, 0.1) is 6.04 Å². The number of hydrogen-bond acceptors (Lipinski definition) is 2. The summed E-state index contributed by atoms with van der Waals surface area (Å²) in [7, 11) is 0. The van der Waals surface area contributed by atoms with Gasteiger partial charge in [0.15, 0.2) is 0 Å². The van der Waals surface area contributed by atoms with Gasteiger partial charge in [-0.05, 0) is 43.2 Å². The van der Waals surface area contributed by atoms with Crippen LogP contribution in [0.5, 0.6) is 0 Å². The maximum atomic E-state index is 12.4. The summed E-state index contributed by atoms with van der Waals surface area (Å²) in [6.07, 6.45) is 2.71. The van der Waals surface area contributed by atoms with Gasteiger partial charge in [-0.25, -0.2) is 0 Å². The second-order valence-corrected chi connectivity index (χ2v) is 6.36. The average molecular weight is 311 g/mol. The summed E-state index contributed by atoms with van der Waals surface area (Å²) in [5, 5.41) is 3.24. The van der Waals surface area contributed by atoms with Crippen LogP contribution in [0, 0.1) is 18.8 Å². The second kappa shape index (κ2) is 7.81. The Morgan fingerprint density at radius 1 is 1.29 bits per heavy atom. The molecule has 3 nitrogen and oxygen atoms in total. The van der Waals surface area contributed by atoms with Gasteiger partial charge in [0.1, 0.15) is 0 Å². The average Bonchev–Trinajstić information content (AvgIpc) is 2.83. The smallest absolute Gasteiger partial charge is 0.223 e. The first kappa shape index (κ1) is 18.0. The lowest BCUT2D eigenvalue weighted by molar-refractivity contribution is -0.125. The molecule has 118 valence electrons. The number of rotatable bonds is 4. The Labute approximate surface area is 134 Å². The molecular formula is C17H27ClN2O. The molecule has 3 unspecified atom stereocenters. The van der Waals surface area contributed by atoms with Crippen LogP contribution in [0.15, 0.2) is 24.3 Å². The Morgan fingerprint density at radius 2 is 1.95 bits per heavy atom. The summed E-state index contributed by atoms with van der Waals surface area (Å²) in [6.45, 7) is 6.40. The Kier molecular flexibility index (Phi) is 6.69. The summed E-state index contributed by atoms with van der Waals surface area (Å²) in [5.41, 5.74) is 8.36. The van der Waals surface area contributed by atoms with Gasteiger partial charge in [-0.3, -0.25) is 4.79 Å². The molecule has 21 heavy (non-hydrogen) atoms. The van der Waals surface area contributed by atoms with Crippen LogP contribution in [0.1, 0.15) is 50.3 Å². The maximum absolute atomic E-state index is 12.4. The molecule has 1 fully saturated rings. The van der Waals surface area contributed by atoms with Crippen LogP contribution in [-0.2, 0) is 4.79 Å². The first-order chi connectivity index (χ1) is 9.49. The minimum atomic E-state index is 0. The zero-order valence-electron chi connectivity index (χ0n) is 13.1. The molecule has 0 heterocycles. The first-order valence-corrected chi connectivity index (χ1v) is 7.60. The van der Waals surface area contributed by atoms with E-state index in [0.29, 0.717) is 5.92 Å². The van der Waals surface area contributed by atoms with Crippen molar-refractivity contribution in [1.29, 1.82) is 0 Å². The maximum Gasteiger partial charge on any atom is 0.223 e. The van der Waals surface area contributed by atoms with Gasteiger partial charge >= 0.3 is 0 Å². The molecule has 2 rings (SSSR count). The second-order valence-electron chi connectivity index (χ2n) is 6.36. The number of carbonyl (C=O) groups is 1. The van der Waals surface area contributed by atoms with Gasteiger partial charge in [-0.15, -0.1) is 12.4 Å². The fourth-order valence-corrected chi connectivity index (χ4v) is 3.06. The van der Waals surface area contributed by atoms with Gasteiger partial charge in [-0.2, -0.15) is 0 Å². The lowest BCUT2D eigenvalue weighted by Crippen LogP contribution is -2.36. The molecule has 0 aromatic heterocycles. The topological polar surface area (TPSA) is 55.1 Å². The van der Waals surface area contributed by atoms with Gasteiger partial charge in [0.2, 0.25) is 5.91 Å². The minimum Gasteiger partial charge on any atom is -0.349 e. The molecule has 1 aromatic rings. The lowest BCUT2D eigenvalue weighted by Gasteiger charge is -2.26. The summed E-state index contributed by atoms with van der Waals surface area (Å²) in [6, 6.07) is 8.56. The molecule has 3 N–H and O–H groups in total. The van der Waals surface area contributed by atoms with E-state index < -0.39 is 0 Å². The molecule has 1 aliphatic carbocycles. The van der Waals surface area contributed by atoms with E-state index in [0.717, 1.165) is 19.3 Å². The quantitative estimate of drug-likeness (QED) is 0.896. The van der Waals surface area contributed by atoms with Gasteiger partial charge in [-0.1, -0.05) is 38.1 Å². The molecule has 0 spiro atoms. The summed E-state index contributed by atoms with van der Waals surface area (Å²) >= 11 is 0. The van der Waals surface area contributed by atoms with Gasteiger partial charge in [0.25, 0.3) is 0 Å². The third-order valence-corrected chi connectivity index (χ3v) is 4.33. The molecule has 1 saturated carbocycles. The highest BCUT2D eigenvalue weighted by atomic mass is 35.5. The molecule has 4 heteroatoms. The number of halogens is 1. The number of carbonyl (C=O) groups excluding carboxylic acids is 1. The van der Waals surface area contributed by atoms with Crippen LogP contribution < -0.4 is 11.1 Å². The Morgan fingerprint density at radius 3 is 2.48 bits per heavy atom. The van der Waals surface area contributed by atoms with Crippen LogP contribution in [0.2, 0.25) is 0 Å². The molecule has 1 aromatic carbocycles. The molecular weight excluding hydrogens is 284 g/mol. The molecule has 3 atom stereocenters. The lowest BCUT2D eigenvalue weighted by atomic mass is 9.92. The van der Waals surface area contributed by atoms with Crippen molar-refractivity contribution in [3.05, 3.63) is 35.4 Å². The number of hydrogen-bond donors (Lipinski definition) is 2. The predicted octanol–water partition coefficient (Wildman–Crippen LogP) is 3.36. The summed E-state index contributed by atoms with van der Waals surface area (Å²) in [5.74, 6) is 0.630. The zero-order valence-corrected chi connectivity index (χ0v) is 14.0. The molecule has 0 saturated heterocycles. The number of amides is 1. The van der Waals surface area contributed by atoms with Crippen LogP contribution >= 0.6 is 12.4 Å². The molecule has 1 aliphatic rings. The highest BCUT2D eigenvalue weighted by Crippen LogP contribution is 2.28. The van der Waals surface area contributed by atoms with Gasteiger partial charge < -0.3 is 11.1 Å². The normalized spacial score (nSPS) is 22.7. The number of aryl methyl sites for hydroxylation is 1. The van der Waals surface area contributed by atoms with E-state index in [1.807, 2.05) is 12.1 Å². The van der Waals surface area contributed by atoms with E-state index in [9.17, 15) is 4.79 Å². The molecule has 0 aliphatic heterocycles. The molecule has 1 amide bonds. The van der Waals surface area contributed by atoms with Gasteiger partial charge in [0, 0.05) is 12.0 Å². The fraction of sp³-hybridized carbons (Fsp3) is 0.588. The van der Waals surface area contributed by atoms with Crippen molar-refractivity contribution in [2.75, 3.05) is 0 Å². The largest absolute Gasteiger partial charge is 0.349 e. The SMILES string of the molecule is Cc1ccccc1C(NC(=O)C1CCC(N)C1)C(C)C.Cl. The first-order valence-electron chi connectivity index (χ1n) is 7.60. The van der Waals surface area contributed by atoms with E-state index in [1.165, 1.54) is 11.1 Å². The third kappa shape index (κ3) is 4.45. The van der Waals surface area contributed by atoms with E-state index in [-0.39, 0.29) is 36.3 Å². The number of benzene rings is 1. The Balaban J connectivity index is 0.00000220. The van der Waals surface area contributed by atoms with Crippen LogP contribution in [0.4, 0.5) is 0 Å². The van der Waals surface area contributed by atoms with Crippen molar-refractivity contribution in [2.24, 2.45) is 17.6 Å². The van der Waals surface area contributed by atoms with E-state index in [4.69, 9.17) is 5.73 Å². The monoisotopic (exact) mass is 310 g/mol. The van der Waals surface area contributed by atoms with Crippen molar-refractivity contribution < 1.29 is 4.79 Å². The summed E-state index contributed by atoms with van der Waals surface area (Å²) in [4.78, 5) is 12.4. The molecule has 0 radical (unpaired) electrons. The highest BCUT2D eigenvalue weighted by Gasteiger charge is 2.30. The van der Waals surface area contributed by atoms with Crippen molar-refractivity contribution >= 4 is 18.3 Å². The standard InChI is InChI=1S/C17H26N2O.ClH/c1-11(2)16(15-7-5-4-6-12(15)3)19-17(20)13-8-9-14(18)10-13;/h4-7,11,13-14,16H,8-10,18H2,1-3H3,(H,19,20);1H. The predicted molar refractivity (Wildman–Crippen MR) is 89.5 cm³/mol. The van der Waals surface area contributed by atoms with Crippen LogP contribution in [0.25, 0.3) is 0 Å². The van der Waals surface area contributed by atoms with Crippen molar-refractivity contribution in [3.63, 3.8) is 0 Å². The minimum absolute atomic E-state index is 0. The van der Waals surface area contributed by atoms with Crippen molar-refractivity contribution in [3.8, 4) is 0 Å². The van der Waals surface area contributed by atoms with Crippen molar-refractivity contribution in [2.45, 2.75) is 52.1 Å². The van der Waals surface area contributed by atoms with Crippen LogP contribution in [0.3, 0.4) is 0 Å². The van der Waals surface area contributed by atoms with Crippen molar-refractivity contribution in [1.82, 2.24) is 5.32 Å². The van der Waals surface area contributed by atoms with E-state index >= 15 is 0 Å². The Bertz CT molecular complexity index is 476. The van der Waals surface area contributed by atoms with E-state index in [1.54, 1.807) is 0 Å². The number of nitrogens with one attached hydrogen (secondary N) is 1. The third-order valence-electron chi connectivity index (χ3n) is 4.33.